The summed E-state index contributed by atoms with van der Waals surface area (Å²) in [6.45, 7) is 4.09. The highest BCUT2D eigenvalue weighted by Gasteiger charge is 2.10. The zero-order valence-electron chi connectivity index (χ0n) is 14.4. The normalized spacial score (nSPS) is 12.1. The van der Waals surface area contributed by atoms with Crippen LogP contribution in [0.25, 0.3) is 0 Å². The van der Waals surface area contributed by atoms with E-state index >= 15 is 0 Å². The second-order valence-electron chi connectivity index (χ2n) is 5.73. The third kappa shape index (κ3) is 5.11. The first-order chi connectivity index (χ1) is 12.0. The Bertz CT molecular complexity index is 786. The fourth-order valence-corrected chi connectivity index (χ4v) is 2.26. The average Bonchev–Trinajstić information content (AvgIpc) is 2.64. The van der Waals surface area contributed by atoms with Gasteiger partial charge in [-0.25, -0.2) is 0 Å². The van der Waals surface area contributed by atoms with Gasteiger partial charge in [-0.2, -0.15) is 5.26 Å². The van der Waals surface area contributed by atoms with Crippen molar-refractivity contribution in [3.8, 4) is 6.07 Å². The van der Waals surface area contributed by atoms with Crippen molar-refractivity contribution in [3.63, 3.8) is 0 Å². The molecule has 1 unspecified atom stereocenters. The van der Waals surface area contributed by atoms with E-state index in [0.717, 1.165) is 12.0 Å². The first kappa shape index (κ1) is 18.1. The van der Waals surface area contributed by atoms with Crippen molar-refractivity contribution < 1.29 is 4.79 Å². The van der Waals surface area contributed by atoms with Crippen LogP contribution in [-0.4, -0.2) is 5.91 Å². The van der Waals surface area contributed by atoms with Crippen molar-refractivity contribution in [2.24, 2.45) is 0 Å². The Labute approximate surface area is 148 Å². The van der Waals surface area contributed by atoms with Gasteiger partial charge in [-0.1, -0.05) is 31.2 Å². The topological polar surface area (TPSA) is 90.9 Å². The van der Waals surface area contributed by atoms with E-state index in [4.69, 9.17) is 5.73 Å². The molecule has 2 rings (SSSR count). The number of hydrogen-bond acceptors (Lipinski definition) is 4. The van der Waals surface area contributed by atoms with Crippen LogP contribution in [0.3, 0.4) is 0 Å². The van der Waals surface area contributed by atoms with Crippen molar-refractivity contribution >= 4 is 17.3 Å². The van der Waals surface area contributed by atoms with Crippen molar-refractivity contribution in [1.82, 2.24) is 5.32 Å². The molecule has 0 aliphatic rings. The molecule has 0 saturated heterocycles. The predicted octanol–water partition coefficient (Wildman–Crippen LogP) is 3.53. The second-order valence-corrected chi connectivity index (χ2v) is 5.73. The van der Waals surface area contributed by atoms with E-state index in [1.807, 2.05) is 25.1 Å². The number of benzene rings is 2. The summed E-state index contributed by atoms with van der Waals surface area (Å²) in [6, 6.07) is 16.9. The van der Waals surface area contributed by atoms with Crippen LogP contribution in [0.15, 0.2) is 60.3 Å². The molecule has 25 heavy (non-hydrogen) atoms. The van der Waals surface area contributed by atoms with Crippen LogP contribution in [0.2, 0.25) is 0 Å². The third-order valence-electron chi connectivity index (χ3n) is 3.90. The molecule has 5 heteroatoms. The number of carbonyl (C=O) groups excluding carboxylic acids is 1. The zero-order valence-corrected chi connectivity index (χ0v) is 14.4. The maximum Gasteiger partial charge on any atom is 0.267 e. The standard InChI is InChI=1S/C20H22N4O/c1-3-15-4-6-16(7-5-15)14(2)23-13-17(12-21)20(25)24-19-10-8-18(22)9-11-19/h4-11,13-14,23H,3,22H2,1-2H3,(H,24,25)/b17-13-. The molecule has 1 atom stereocenters. The molecule has 2 aromatic carbocycles. The van der Waals surface area contributed by atoms with Gasteiger partial charge in [0.15, 0.2) is 0 Å². The summed E-state index contributed by atoms with van der Waals surface area (Å²) in [5.74, 6) is -0.465. The van der Waals surface area contributed by atoms with Gasteiger partial charge < -0.3 is 16.4 Å². The number of nitrogens with two attached hydrogens (primary N) is 1. The molecule has 2 aromatic rings. The van der Waals surface area contributed by atoms with Gasteiger partial charge in [0.1, 0.15) is 11.6 Å². The predicted molar refractivity (Wildman–Crippen MR) is 101 cm³/mol. The van der Waals surface area contributed by atoms with Crippen molar-refractivity contribution in [2.45, 2.75) is 26.3 Å². The molecule has 0 bridgehead atoms. The summed E-state index contributed by atoms with van der Waals surface area (Å²) in [4.78, 5) is 12.2. The lowest BCUT2D eigenvalue weighted by Gasteiger charge is -2.13. The molecule has 0 radical (unpaired) electrons. The van der Waals surface area contributed by atoms with E-state index in [9.17, 15) is 10.1 Å². The summed E-state index contributed by atoms with van der Waals surface area (Å²) in [7, 11) is 0. The maximum absolute atomic E-state index is 12.2. The van der Waals surface area contributed by atoms with Gasteiger partial charge in [0.05, 0.1) is 0 Å². The molecule has 0 spiro atoms. The van der Waals surface area contributed by atoms with Crippen LogP contribution in [0, 0.1) is 11.3 Å². The molecule has 0 aromatic heterocycles. The number of nitrogen functional groups attached to an aromatic ring is 1. The number of aryl methyl sites for hydroxylation is 1. The quantitative estimate of drug-likeness (QED) is 0.428. The lowest BCUT2D eigenvalue weighted by Crippen LogP contribution is -2.18. The van der Waals surface area contributed by atoms with Gasteiger partial charge in [0, 0.05) is 23.6 Å². The molecule has 0 saturated carbocycles. The lowest BCUT2D eigenvalue weighted by molar-refractivity contribution is -0.112. The van der Waals surface area contributed by atoms with Crippen molar-refractivity contribution in [2.75, 3.05) is 11.1 Å². The molecule has 4 N–H and O–H groups in total. The van der Waals surface area contributed by atoms with Crippen LogP contribution in [0.4, 0.5) is 11.4 Å². The Morgan fingerprint density at radius 2 is 1.84 bits per heavy atom. The highest BCUT2D eigenvalue weighted by Crippen LogP contribution is 2.15. The number of amides is 1. The Balaban J connectivity index is 2.01. The van der Waals surface area contributed by atoms with Crippen LogP contribution in [0.1, 0.15) is 31.0 Å². The minimum Gasteiger partial charge on any atom is -0.399 e. The monoisotopic (exact) mass is 334 g/mol. The largest absolute Gasteiger partial charge is 0.399 e. The van der Waals surface area contributed by atoms with E-state index in [2.05, 4.69) is 29.7 Å². The first-order valence-corrected chi connectivity index (χ1v) is 8.15. The highest BCUT2D eigenvalue weighted by atomic mass is 16.1. The van der Waals surface area contributed by atoms with Gasteiger partial charge >= 0.3 is 0 Å². The second kappa shape index (κ2) is 8.55. The van der Waals surface area contributed by atoms with E-state index in [1.54, 1.807) is 24.3 Å². The van der Waals surface area contributed by atoms with Crippen molar-refractivity contribution in [3.05, 3.63) is 71.4 Å². The molecule has 0 fully saturated rings. The number of hydrogen-bond donors (Lipinski definition) is 3. The van der Waals surface area contributed by atoms with Gasteiger partial charge in [0.2, 0.25) is 0 Å². The molecule has 5 nitrogen and oxygen atoms in total. The minimum absolute atomic E-state index is 0.00820. The number of carbonyl (C=O) groups is 1. The molecular formula is C20H22N4O. The molecule has 1 amide bonds. The lowest BCUT2D eigenvalue weighted by atomic mass is 10.1. The average molecular weight is 334 g/mol. The van der Waals surface area contributed by atoms with E-state index in [1.165, 1.54) is 11.8 Å². The SMILES string of the molecule is CCc1ccc(C(C)N/C=C(/C#N)C(=O)Nc2ccc(N)cc2)cc1. The Morgan fingerprint density at radius 1 is 1.20 bits per heavy atom. The summed E-state index contributed by atoms with van der Waals surface area (Å²) < 4.78 is 0. The van der Waals surface area contributed by atoms with Gasteiger partial charge in [0.25, 0.3) is 5.91 Å². The van der Waals surface area contributed by atoms with Gasteiger partial charge in [-0.05, 0) is 48.7 Å². The number of nitriles is 1. The highest BCUT2D eigenvalue weighted by molar-refractivity contribution is 6.06. The Kier molecular flexibility index (Phi) is 6.19. The molecule has 0 heterocycles. The smallest absolute Gasteiger partial charge is 0.267 e. The zero-order chi connectivity index (χ0) is 18.2. The fourth-order valence-electron chi connectivity index (χ4n) is 2.26. The van der Waals surface area contributed by atoms with Crippen molar-refractivity contribution in [1.29, 1.82) is 5.26 Å². The Morgan fingerprint density at radius 3 is 2.40 bits per heavy atom. The summed E-state index contributed by atoms with van der Waals surface area (Å²) >= 11 is 0. The fraction of sp³-hybridized carbons (Fsp3) is 0.200. The third-order valence-corrected chi connectivity index (χ3v) is 3.90. The summed E-state index contributed by atoms with van der Waals surface area (Å²) in [5, 5.41) is 15.0. The number of nitrogens with zero attached hydrogens (tertiary/aromatic N) is 1. The Hall–Kier alpha value is -3.26. The van der Waals surface area contributed by atoms with Crippen LogP contribution < -0.4 is 16.4 Å². The number of nitrogens with one attached hydrogen (secondary N) is 2. The van der Waals surface area contributed by atoms with Gasteiger partial charge in [-0.3, -0.25) is 4.79 Å². The molecule has 0 aliphatic carbocycles. The summed E-state index contributed by atoms with van der Waals surface area (Å²) in [6.07, 6.45) is 2.44. The van der Waals surface area contributed by atoms with E-state index < -0.39 is 5.91 Å². The summed E-state index contributed by atoms with van der Waals surface area (Å²) in [5.41, 5.74) is 9.17. The number of rotatable bonds is 6. The molecule has 0 aliphatic heterocycles. The number of anilines is 2. The molecule has 128 valence electrons. The van der Waals surface area contributed by atoms with E-state index in [0.29, 0.717) is 11.4 Å². The van der Waals surface area contributed by atoms with Crippen LogP contribution in [-0.2, 0) is 11.2 Å². The first-order valence-electron chi connectivity index (χ1n) is 8.15. The van der Waals surface area contributed by atoms with Crippen LogP contribution in [0.5, 0.6) is 0 Å². The van der Waals surface area contributed by atoms with E-state index in [-0.39, 0.29) is 11.6 Å². The maximum atomic E-state index is 12.2. The molecular weight excluding hydrogens is 312 g/mol. The minimum atomic E-state index is -0.465. The van der Waals surface area contributed by atoms with Gasteiger partial charge in [-0.15, -0.1) is 0 Å². The van der Waals surface area contributed by atoms with Crippen LogP contribution >= 0.6 is 0 Å².